The molecule has 2 rings (SSSR count). The number of nitrogens with zero attached hydrogens (tertiary/aromatic N) is 2. The highest BCUT2D eigenvalue weighted by atomic mass is 16.5. The van der Waals surface area contributed by atoms with Gasteiger partial charge in [-0.15, -0.1) is 6.58 Å². The lowest BCUT2D eigenvalue weighted by atomic mass is 10.2. The van der Waals surface area contributed by atoms with Crippen molar-refractivity contribution in [3.8, 4) is 11.5 Å². The average molecular weight is 244 g/mol. The zero-order valence-electron chi connectivity index (χ0n) is 10.4. The highest BCUT2D eigenvalue weighted by molar-refractivity contribution is 5.27. The number of hydrogen-bond donors (Lipinski definition) is 0. The highest BCUT2D eigenvalue weighted by Crippen LogP contribution is 2.14. The van der Waals surface area contributed by atoms with Crippen molar-refractivity contribution < 1.29 is 9.47 Å². The fourth-order valence-electron chi connectivity index (χ4n) is 1.54. The molecule has 4 nitrogen and oxygen atoms in total. The molecule has 0 aliphatic rings. The summed E-state index contributed by atoms with van der Waals surface area (Å²) in [6.07, 6.45) is 5.35. The van der Waals surface area contributed by atoms with E-state index in [1.807, 2.05) is 30.5 Å². The summed E-state index contributed by atoms with van der Waals surface area (Å²) in [5.74, 6) is 1.60. The van der Waals surface area contributed by atoms with Crippen LogP contribution in [-0.2, 0) is 13.2 Å². The minimum Gasteiger partial charge on any atom is -0.497 e. The molecule has 1 heterocycles. The molecular formula is C14H16N2O2. The number of allylic oxidation sites excluding steroid dienone is 1. The van der Waals surface area contributed by atoms with Crippen LogP contribution in [0.3, 0.4) is 0 Å². The zero-order valence-corrected chi connectivity index (χ0v) is 10.4. The van der Waals surface area contributed by atoms with E-state index >= 15 is 0 Å². The van der Waals surface area contributed by atoms with Crippen LogP contribution < -0.4 is 9.47 Å². The lowest BCUT2D eigenvalue weighted by Crippen LogP contribution is -1.95. The summed E-state index contributed by atoms with van der Waals surface area (Å²) in [4.78, 5) is 0. The van der Waals surface area contributed by atoms with Gasteiger partial charge in [-0.2, -0.15) is 5.10 Å². The molecule has 0 bridgehead atoms. The second-order valence-corrected chi connectivity index (χ2v) is 3.82. The Morgan fingerprint density at radius 1 is 1.28 bits per heavy atom. The van der Waals surface area contributed by atoms with Crippen molar-refractivity contribution in [3.05, 3.63) is 54.9 Å². The summed E-state index contributed by atoms with van der Waals surface area (Å²) in [5.41, 5.74) is 1.09. The Morgan fingerprint density at radius 3 is 2.72 bits per heavy atom. The number of ether oxygens (including phenoxy) is 2. The van der Waals surface area contributed by atoms with Gasteiger partial charge in [0, 0.05) is 0 Å². The van der Waals surface area contributed by atoms with Gasteiger partial charge in [-0.05, 0) is 17.7 Å². The zero-order chi connectivity index (χ0) is 12.8. The summed E-state index contributed by atoms with van der Waals surface area (Å²) in [7, 11) is 1.65. The quantitative estimate of drug-likeness (QED) is 0.733. The van der Waals surface area contributed by atoms with Gasteiger partial charge >= 0.3 is 0 Å². The van der Waals surface area contributed by atoms with E-state index in [0.29, 0.717) is 13.2 Å². The minimum absolute atomic E-state index is 0.518. The van der Waals surface area contributed by atoms with E-state index in [9.17, 15) is 0 Å². The van der Waals surface area contributed by atoms with Crippen LogP contribution in [0, 0.1) is 0 Å². The standard InChI is InChI=1S/C14H16N2O2/c1-3-8-16-10-14(9-15-16)18-11-12-4-6-13(17-2)7-5-12/h3-7,9-10H,1,8,11H2,2H3. The first-order valence-corrected chi connectivity index (χ1v) is 5.71. The third-order valence-corrected chi connectivity index (χ3v) is 2.49. The van der Waals surface area contributed by atoms with Crippen molar-refractivity contribution in [1.29, 1.82) is 0 Å². The molecule has 18 heavy (non-hydrogen) atoms. The van der Waals surface area contributed by atoms with Gasteiger partial charge < -0.3 is 9.47 Å². The van der Waals surface area contributed by atoms with E-state index in [1.165, 1.54) is 0 Å². The van der Waals surface area contributed by atoms with Crippen LogP contribution in [0.4, 0.5) is 0 Å². The molecule has 0 fully saturated rings. The van der Waals surface area contributed by atoms with Crippen LogP contribution in [-0.4, -0.2) is 16.9 Å². The molecule has 0 N–H and O–H groups in total. The van der Waals surface area contributed by atoms with Crippen molar-refractivity contribution in [1.82, 2.24) is 9.78 Å². The van der Waals surface area contributed by atoms with E-state index in [1.54, 1.807) is 24.1 Å². The molecule has 0 aliphatic carbocycles. The number of aromatic nitrogens is 2. The maximum atomic E-state index is 5.63. The molecule has 0 amide bonds. The summed E-state index contributed by atoms with van der Waals surface area (Å²) in [6, 6.07) is 7.79. The maximum absolute atomic E-state index is 5.63. The first-order chi connectivity index (χ1) is 8.81. The van der Waals surface area contributed by atoms with Crippen molar-refractivity contribution in [3.63, 3.8) is 0 Å². The lowest BCUT2D eigenvalue weighted by molar-refractivity contribution is 0.305. The fourth-order valence-corrected chi connectivity index (χ4v) is 1.54. The molecule has 0 aliphatic heterocycles. The Labute approximate surface area is 106 Å². The van der Waals surface area contributed by atoms with E-state index < -0.39 is 0 Å². The third kappa shape index (κ3) is 3.13. The largest absolute Gasteiger partial charge is 0.497 e. The Balaban J connectivity index is 1.91. The second kappa shape index (κ2) is 5.91. The molecule has 94 valence electrons. The van der Waals surface area contributed by atoms with Crippen LogP contribution in [0.15, 0.2) is 49.3 Å². The Kier molecular flexibility index (Phi) is 4.02. The predicted octanol–water partition coefficient (Wildman–Crippen LogP) is 2.66. The smallest absolute Gasteiger partial charge is 0.157 e. The van der Waals surface area contributed by atoms with E-state index in [0.717, 1.165) is 17.1 Å². The van der Waals surface area contributed by atoms with Crippen molar-refractivity contribution in [2.24, 2.45) is 0 Å². The molecule has 2 aromatic rings. The molecule has 4 heteroatoms. The molecule has 0 unspecified atom stereocenters. The van der Waals surface area contributed by atoms with Crippen LogP contribution in [0.2, 0.25) is 0 Å². The fraction of sp³-hybridized carbons (Fsp3) is 0.214. The third-order valence-electron chi connectivity index (χ3n) is 2.49. The molecule has 0 spiro atoms. The van der Waals surface area contributed by atoms with E-state index in [-0.39, 0.29) is 0 Å². The molecule has 0 saturated heterocycles. The van der Waals surface area contributed by atoms with Gasteiger partial charge in [0.25, 0.3) is 0 Å². The monoisotopic (exact) mass is 244 g/mol. The first-order valence-electron chi connectivity index (χ1n) is 5.71. The van der Waals surface area contributed by atoms with Gasteiger partial charge in [-0.1, -0.05) is 18.2 Å². The summed E-state index contributed by atoms with van der Waals surface area (Å²) in [6.45, 7) is 4.87. The van der Waals surface area contributed by atoms with Crippen molar-refractivity contribution in [2.75, 3.05) is 7.11 Å². The first kappa shape index (κ1) is 12.2. The number of benzene rings is 1. The molecular weight excluding hydrogens is 228 g/mol. The van der Waals surface area contributed by atoms with Gasteiger partial charge in [0.05, 0.1) is 26.0 Å². The minimum atomic E-state index is 0.518. The number of hydrogen-bond acceptors (Lipinski definition) is 3. The normalized spacial score (nSPS) is 10.1. The van der Waals surface area contributed by atoms with Crippen LogP contribution >= 0.6 is 0 Å². The maximum Gasteiger partial charge on any atom is 0.157 e. The van der Waals surface area contributed by atoms with E-state index in [4.69, 9.17) is 9.47 Å². The molecule has 1 aromatic carbocycles. The Morgan fingerprint density at radius 2 is 2.06 bits per heavy atom. The Bertz CT molecular complexity index is 503. The van der Waals surface area contributed by atoms with E-state index in [2.05, 4.69) is 11.7 Å². The van der Waals surface area contributed by atoms with Gasteiger partial charge in [-0.3, -0.25) is 4.68 Å². The Hall–Kier alpha value is -2.23. The van der Waals surface area contributed by atoms with Gasteiger partial charge in [0.1, 0.15) is 12.4 Å². The SMILES string of the molecule is C=CCn1cc(OCc2ccc(OC)cc2)cn1. The van der Waals surface area contributed by atoms with Crippen LogP contribution in [0.5, 0.6) is 11.5 Å². The summed E-state index contributed by atoms with van der Waals surface area (Å²) >= 11 is 0. The van der Waals surface area contributed by atoms with Crippen molar-refractivity contribution in [2.45, 2.75) is 13.2 Å². The molecule has 0 saturated carbocycles. The van der Waals surface area contributed by atoms with Gasteiger partial charge in [0.15, 0.2) is 5.75 Å². The molecule has 0 radical (unpaired) electrons. The number of rotatable bonds is 6. The second-order valence-electron chi connectivity index (χ2n) is 3.82. The van der Waals surface area contributed by atoms with Crippen LogP contribution in [0.25, 0.3) is 0 Å². The lowest BCUT2D eigenvalue weighted by Gasteiger charge is -2.04. The number of methoxy groups -OCH3 is 1. The van der Waals surface area contributed by atoms with Gasteiger partial charge in [-0.25, -0.2) is 0 Å². The average Bonchev–Trinajstić information content (AvgIpc) is 2.85. The molecule has 0 atom stereocenters. The van der Waals surface area contributed by atoms with Crippen molar-refractivity contribution >= 4 is 0 Å². The highest BCUT2D eigenvalue weighted by Gasteiger charge is 2.00. The summed E-state index contributed by atoms with van der Waals surface area (Å²) < 4.78 is 12.5. The summed E-state index contributed by atoms with van der Waals surface area (Å²) in [5, 5.41) is 4.15. The van der Waals surface area contributed by atoms with Crippen LogP contribution in [0.1, 0.15) is 5.56 Å². The topological polar surface area (TPSA) is 36.3 Å². The molecule has 1 aromatic heterocycles. The predicted molar refractivity (Wildman–Crippen MR) is 69.8 cm³/mol. The van der Waals surface area contributed by atoms with Gasteiger partial charge in [0.2, 0.25) is 0 Å².